The average molecular weight is 137 g/mol. The first-order valence-electron chi connectivity index (χ1n) is 1.83. The van der Waals surface area contributed by atoms with Crippen molar-refractivity contribution in [2.24, 2.45) is 0 Å². The lowest BCUT2D eigenvalue weighted by Crippen LogP contribution is -2.06. The van der Waals surface area contributed by atoms with Gasteiger partial charge in [-0.2, -0.15) is 0 Å². The van der Waals surface area contributed by atoms with Crippen LogP contribution in [0.1, 0.15) is 0 Å². The van der Waals surface area contributed by atoms with E-state index < -0.39 is 11.7 Å². The number of hydrogen-bond donors (Lipinski definition) is 1. The fourth-order valence-electron chi connectivity index (χ4n) is 0.144. The lowest BCUT2D eigenvalue weighted by Gasteiger charge is -1.99. The summed E-state index contributed by atoms with van der Waals surface area (Å²) >= 11 is 5.14. The van der Waals surface area contributed by atoms with Crippen LogP contribution in [0.2, 0.25) is 0 Å². The normalized spacial score (nSPS) is 12.1. The van der Waals surface area contributed by atoms with Gasteiger partial charge in [0.05, 0.1) is 0 Å². The number of ether oxygens (including phenoxy) is 1. The third-order valence-corrected chi connectivity index (χ3v) is 0.666. The Balaban J connectivity index is 3.38. The number of halogens is 1. The van der Waals surface area contributed by atoms with E-state index in [1.807, 2.05) is 0 Å². The number of carboxylic acid groups (broad SMARTS) is 1. The monoisotopic (exact) mass is 136 g/mol. The van der Waals surface area contributed by atoms with Crippen molar-refractivity contribution < 1.29 is 14.6 Å². The summed E-state index contributed by atoms with van der Waals surface area (Å²) in [5, 5.41) is 7.86. The first kappa shape index (κ1) is 7.30. The molecule has 0 saturated heterocycles. The van der Waals surface area contributed by atoms with Crippen molar-refractivity contribution in [2.75, 3.05) is 0 Å². The van der Waals surface area contributed by atoms with Crippen LogP contribution in [0.15, 0.2) is 12.7 Å². The number of carbonyl (C=O) groups is 1. The largest absolute Gasteiger partial charge is 0.507 e. The second kappa shape index (κ2) is 3.32. The van der Waals surface area contributed by atoms with Crippen molar-refractivity contribution in [1.29, 1.82) is 0 Å². The third kappa shape index (κ3) is 3.49. The Kier molecular flexibility index (Phi) is 3.03. The topological polar surface area (TPSA) is 46.5 Å². The molecule has 0 heterocycles. The van der Waals surface area contributed by atoms with Gasteiger partial charge in [0, 0.05) is 0 Å². The van der Waals surface area contributed by atoms with Crippen LogP contribution in [0.3, 0.4) is 0 Å². The Labute approximate surface area is 51.5 Å². The summed E-state index contributed by atoms with van der Waals surface area (Å²) in [6.45, 7) is 3.19. The average Bonchev–Trinajstić information content (AvgIpc) is 1.65. The Morgan fingerprint density at radius 3 is 2.62 bits per heavy atom. The first-order chi connectivity index (χ1) is 3.66. The molecule has 4 heteroatoms. The molecule has 0 spiro atoms. The molecule has 0 aromatic rings. The van der Waals surface area contributed by atoms with E-state index in [4.69, 9.17) is 16.7 Å². The Bertz CT molecular complexity index is 101. The molecule has 8 heavy (non-hydrogen) atoms. The summed E-state index contributed by atoms with van der Waals surface area (Å²) in [7, 11) is 0. The van der Waals surface area contributed by atoms with Crippen molar-refractivity contribution >= 4 is 17.8 Å². The van der Waals surface area contributed by atoms with E-state index in [1.54, 1.807) is 0 Å². The van der Waals surface area contributed by atoms with Crippen molar-refractivity contribution in [3.05, 3.63) is 12.7 Å². The highest BCUT2D eigenvalue weighted by atomic mass is 35.5. The SMILES string of the molecule is C=CC(Cl)OC(=O)O. The van der Waals surface area contributed by atoms with Crippen LogP contribution in [0.25, 0.3) is 0 Å². The van der Waals surface area contributed by atoms with Crippen LogP contribution < -0.4 is 0 Å². The van der Waals surface area contributed by atoms with Gasteiger partial charge in [0.1, 0.15) is 0 Å². The molecule has 0 aliphatic rings. The first-order valence-corrected chi connectivity index (χ1v) is 2.26. The zero-order chi connectivity index (χ0) is 6.57. The molecule has 0 saturated carbocycles. The Morgan fingerprint density at radius 2 is 2.50 bits per heavy atom. The molecule has 0 aromatic heterocycles. The highest BCUT2D eigenvalue weighted by Crippen LogP contribution is 1.97. The van der Waals surface area contributed by atoms with Gasteiger partial charge in [0.2, 0.25) is 0 Å². The van der Waals surface area contributed by atoms with E-state index >= 15 is 0 Å². The van der Waals surface area contributed by atoms with Gasteiger partial charge in [-0.05, 0) is 6.08 Å². The molecule has 0 radical (unpaired) electrons. The van der Waals surface area contributed by atoms with Gasteiger partial charge in [0.15, 0.2) is 5.56 Å². The molecule has 1 unspecified atom stereocenters. The van der Waals surface area contributed by atoms with Crippen LogP contribution in [-0.2, 0) is 4.74 Å². The summed E-state index contributed by atoms with van der Waals surface area (Å²) in [5.74, 6) is 0. The number of alkyl halides is 1. The van der Waals surface area contributed by atoms with Crippen molar-refractivity contribution in [3.8, 4) is 0 Å². The second-order valence-corrected chi connectivity index (χ2v) is 1.40. The molecular formula is C4H5ClO3. The van der Waals surface area contributed by atoms with E-state index in [0.717, 1.165) is 0 Å². The fourth-order valence-corrected chi connectivity index (χ4v) is 0.221. The summed E-state index contributed by atoms with van der Waals surface area (Å²) < 4.78 is 3.96. The minimum absolute atomic E-state index is 0.938. The summed E-state index contributed by atoms with van der Waals surface area (Å²) in [5.41, 5.74) is -0.938. The molecule has 0 aromatic carbocycles. The van der Waals surface area contributed by atoms with Crippen molar-refractivity contribution in [1.82, 2.24) is 0 Å². The van der Waals surface area contributed by atoms with Crippen LogP contribution in [0, 0.1) is 0 Å². The predicted octanol–water partition coefficient (Wildman–Crippen LogP) is 1.43. The van der Waals surface area contributed by atoms with Gasteiger partial charge in [0.25, 0.3) is 0 Å². The highest BCUT2D eigenvalue weighted by Gasteiger charge is 2.02. The van der Waals surface area contributed by atoms with Crippen LogP contribution in [0.4, 0.5) is 4.79 Å². The minimum atomic E-state index is -1.40. The standard InChI is InChI=1S/C4H5ClO3/c1-2-3(5)8-4(6)7/h2-3H,1H2,(H,6,7). The smallest absolute Gasteiger partial charge is 0.450 e. The van der Waals surface area contributed by atoms with E-state index in [-0.39, 0.29) is 0 Å². The molecule has 0 fully saturated rings. The maximum atomic E-state index is 9.61. The van der Waals surface area contributed by atoms with E-state index in [2.05, 4.69) is 11.3 Å². The number of hydrogen-bond acceptors (Lipinski definition) is 2. The lowest BCUT2D eigenvalue weighted by atomic mass is 10.7. The van der Waals surface area contributed by atoms with Gasteiger partial charge in [-0.1, -0.05) is 18.2 Å². The van der Waals surface area contributed by atoms with Crippen LogP contribution in [0.5, 0.6) is 0 Å². The van der Waals surface area contributed by atoms with E-state index in [1.165, 1.54) is 6.08 Å². The summed E-state index contributed by atoms with van der Waals surface area (Å²) in [6, 6.07) is 0. The zero-order valence-corrected chi connectivity index (χ0v) is 4.76. The maximum Gasteiger partial charge on any atom is 0.507 e. The quantitative estimate of drug-likeness (QED) is 0.355. The third-order valence-electron chi connectivity index (χ3n) is 0.399. The number of rotatable bonds is 2. The van der Waals surface area contributed by atoms with Crippen molar-refractivity contribution in [3.63, 3.8) is 0 Å². The molecule has 46 valence electrons. The van der Waals surface area contributed by atoms with Gasteiger partial charge in [-0.25, -0.2) is 4.79 Å². The maximum absolute atomic E-state index is 9.61. The Hall–Kier alpha value is -0.700. The lowest BCUT2D eigenvalue weighted by molar-refractivity contribution is 0.0918. The molecule has 0 bridgehead atoms. The van der Waals surface area contributed by atoms with Crippen LogP contribution in [-0.4, -0.2) is 16.8 Å². The molecule has 0 rings (SSSR count). The van der Waals surface area contributed by atoms with Gasteiger partial charge in [-0.15, -0.1) is 0 Å². The molecule has 0 aliphatic heterocycles. The van der Waals surface area contributed by atoms with Gasteiger partial charge in [-0.3, -0.25) is 0 Å². The fraction of sp³-hybridized carbons (Fsp3) is 0.250. The van der Waals surface area contributed by atoms with E-state index in [9.17, 15) is 4.79 Å². The Morgan fingerprint density at radius 1 is 2.00 bits per heavy atom. The molecule has 0 aliphatic carbocycles. The van der Waals surface area contributed by atoms with E-state index in [0.29, 0.717) is 0 Å². The predicted molar refractivity (Wildman–Crippen MR) is 28.9 cm³/mol. The molecule has 1 atom stereocenters. The van der Waals surface area contributed by atoms with Gasteiger partial charge >= 0.3 is 6.16 Å². The molecule has 3 nitrogen and oxygen atoms in total. The highest BCUT2D eigenvalue weighted by molar-refractivity contribution is 6.21. The molecular weight excluding hydrogens is 131 g/mol. The van der Waals surface area contributed by atoms with Gasteiger partial charge < -0.3 is 9.84 Å². The summed E-state index contributed by atoms with van der Waals surface area (Å²) in [6.07, 6.45) is -0.222. The molecule has 1 N–H and O–H groups in total. The van der Waals surface area contributed by atoms with Crippen LogP contribution >= 0.6 is 11.6 Å². The second-order valence-electron chi connectivity index (χ2n) is 0.971. The minimum Gasteiger partial charge on any atom is -0.450 e. The zero-order valence-electron chi connectivity index (χ0n) is 4.00. The van der Waals surface area contributed by atoms with Crippen molar-refractivity contribution in [2.45, 2.75) is 5.56 Å². The molecule has 0 amide bonds. The summed E-state index contributed by atoms with van der Waals surface area (Å²) in [4.78, 5) is 9.61.